The second-order valence-electron chi connectivity index (χ2n) is 2.54. The van der Waals surface area contributed by atoms with Gasteiger partial charge in [-0.1, -0.05) is 17.7 Å². The minimum atomic E-state index is -4.32. The summed E-state index contributed by atoms with van der Waals surface area (Å²) in [5, 5.41) is 0.790. The van der Waals surface area contributed by atoms with E-state index in [4.69, 9.17) is 11.6 Å². The molecule has 15 heavy (non-hydrogen) atoms. The van der Waals surface area contributed by atoms with Gasteiger partial charge in [-0.25, -0.2) is 4.39 Å². The van der Waals surface area contributed by atoms with Crippen molar-refractivity contribution in [2.24, 2.45) is 0 Å². The van der Waals surface area contributed by atoms with Gasteiger partial charge in [-0.3, -0.25) is 0 Å². The molecule has 0 fully saturated rings. The van der Waals surface area contributed by atoms with Gasteiger partial charge in [-0.05, 0) is 40.9 Å². The van der Waals surface area contributed by atoms with Crippen molar-refractivity contribution in [2.75, 3.05) is 0 Å². The molecule has 0 aromatic heterocycles. The van der Waals surface area contributed by atoms with Crippen LogP contribution in [0.3, 0.4) is 0 Å². The highest BCUT2D eigenvalue weighted by Crippen LogP contribution is 2.31. The van der Waals surface area contributed by atoms with Crippen LogP contribution in [0.4, 0.5) is 17.6 Å². The molecule has 0 aliphatic carbocycles. The summed E-state index contributed by atoms with van der Waals surface area (Å²) in [6.45, 7) is 0. The molecule has 0 aliphatic rings. The summed E-state index contributed by atoms with van der Waals surface area (Å²) in [6.07, 6.45) is 1.16. The number of thioether (sulfide) groups is 1. The molecule has 1 rings (SSSR count). The third-order valence-electron chi connectivity index (χ3n) is 1.41. The van der Waals surface area contributed by atoms with Crippen molar-refractivity contribution in [3.05, 3.63) is 40.0 Å². The third kappa shape index (κ3) is 4.57. The zero-order valence-corrected chi connectivity index (χ0v) is 8.76. The fourth-order valence-electron chi connectivity index (χ4n) is 0.806. The number of rotatable bonds is 2. The quantitative estimate of drug-likeness (QED) is 0.691. The van der Waals surface area contributed by atoms with Crippen LogP contribution in [0.15, 0.2) is 23.6 Å². The number of hydrogen-bond acceptors (Lipinski definition) is 1. The van der Waals surface area contributed by atoms with Gasteiger partial charge in [0.05, 0.1) is 5.02 Å². The smallest absolute Gasteiger partial charge is 0.205 e. The normalized spacial score (nSPS) is 12.3. The van der Waals surface area contributed by atoms with Crippen molar-refractivity contribution in [2.45, 2.75) is 5.51 Å². The number of alkyl halides is 3. The van der Waals surface area contributed by atoms with Crippen molar-refractivity contribution in [1.29, 1.82) is 0 Å². The van der Waals surface area contributed by atoms with Gasteiger partial charge in [-0.15, -0.1) is 0 Å². The average molecular weight is 257 g/mol. The summed E-state index contributed by atoms with van der Waals surface area (Å²) >= 11 is 5.11. The monoisotopic (exact) mass is 256 g/mol. The highest BCUT2D eigenvalue weighted by Gasteiger charge is 2.26. The predicted octanol–water partition coefficient (Wildman–Crippen LogP) is 4.70. The maximum absolute atomic E-state index is 12.8. The van der Waals surface area contributed by atoms with Crippen LogP contribution in [0.1, 0.15) is 5.56 Å². The predicted molar refractivity (Wildman–Crippen MR) is 54.1 cm³/mol. The van der Waals surface area contributed by atoms with E-state index in [1.165, 1.54) is 12.1 Å². The molecule has 6 heteroatoms. The highest BCUT2D eigenvalue weighted by molar-refractivity contribution is 8.03. The molecule has 0 amide bonds. The van der Waals surface area contributed by atoms with E-state index in [2.05, 4.69) is 0 Å². The number of hydrogen-bond donors (Lipinski definition) is 0. The molecule has 0 saturated carbocycles. The second kappa shape index (κ2) is 4.90. The Morgan fingerprint density at radius 2 is 1.93 bits per heavy atom. The Morgan fingerprint density at radius 3 is 2.47 bits per heavy atom. The van der Waals surface area contributed by atoms with Crippen LogP contribution in [0.5, 0.6) is 0 Å². The Morgan fingerprint density at radius 1 is 1.27 bits per heavy atom. The molecule has 0 heterocycles. The van der Waals surface area contributed by atoms with Gasteiger partial charge in [0.25, 0.3) is 0 Å². The first-order valence-corrected chi connectivity index (χ1v) is 5.00. The molecule has 0 N–H and O–H groups in total. The number of halogens is 5. The Kier molecular flexibility index (Phi) is 4.04. The highest BCUT2D eigenvalue weighted by atomic mass is 35.5. The van der Waals surface area contributed by atoms with E-state index in [9.17, 15) is 17.6 Å². The van der Waals surface area contributed by atoms with Crippen molar-refractivity contribution < 1.29 is 17.6 Å². The van der Waals surface area contributed by atoms with Crippen molar-refractivity contribution >= 4 is 29.4 Å². The molecular weight excluding hydrogens is 252 g/mol. The first-order valence-electron chi connectivity index (χ1n) is 3.74. The summed E-state index contributed by atoms with van der Waals surface area (Å²) in [4.78, 5) is 0. The SMILES string of the molecule is Fc1cc(/C=C/SC(F)(F)F)ccc1Cl. The molecule has 0 nitrogen and oxygen atoms in total. The van der Waals surface area contributed by atoms with E-state index in [0.29, 0.717) is 5.56 Å². The Bertz CT molecular complexity index is 373. The van der Waals surface area contributed by atoms with Gasteiger partial charge < -0.3 is 0 Å². The Hall–Kier alpha value is -0.680. The molecule has 0 atom stereocenters. The van der Waals surface area contributed by atoms with Crippen molar-refractivity contribution in [3.63, 3.8) is 0 Å². The fraction of sp³-hybridized carbons (Fsp3) is 0.111. The molecule has 0 bridgehead atoms. The topological polar surface area (TPSA) is 0 Å². The Labute approximate surface area is 92.9 Å². The molecule has 1 aromatic rings. The zero-order valence-electron chi connectivity index (χ0n) is 7.18. The van der Waals surface area contributed by atoms with E-state index >= 15 is 0 Å². The van der Waals surface area contributed by atoms with Crippen LogP contribution in [-0.4, -0.2) is 5.51 Å². The first kappa shape index (κ1) is 12.4. The largest absolute Gasteiger partial charge is 0.445 e. The van der Waals surface area contributed by atoms with Crippen LogP contribution in [0, 0.1) is 5.82 Å². The summed E-state index contributed by atoms with van der Waals surface area (Å²) in [7, 11) is 0. The standard InChI is InChI=1S/C9H5ClF4S/c10-7-2-1-6(5-8(7)11)3-4-15-9(12,13)14/h1-5H/b4-3+. The van der Waals surface area contributed by atoms with Gasteiger partial charge in [0.15, 0.2) is 0 Å². The summed E-state index contributed by atoms with van der Waals surface area (Å²) in [5.74, 6) is -0.657. The molecule has 1 aromatic carbocycles. The maximum atomic E-state index is 12.8. The van der Waals surface area contributed by atoms with Gasteiger partial charge in [0, 0.05) is 0 Å². The van der Waals surface area contributed by atoms with Crippen LogP contribution < -0.4 is 0 Å². The van der Waals surface area contributed by atoms with Crippen LogP contribution in [0.2, 0.25) is 5.02 Å². The molecule has 0 saturated heterocycles. The van der Waals surface area contributed by atoms with Gasteiger partial charge in [0.2, 0.25) is 0 Å². The lowest BCUT2D eigenvalue weighted by atomic mass is 10.2. The minimum Gasteiger partial charge on any atom is -0.205 e. The molecule has 0 aliphatic heterocycles. The third-order valence-corrected chi connectivity index (χ3v) is 2.25. The fourth-order valence-corrected chi connectivity index (χ4v) is 1.30. The zero-order chi connectivity index (χ0) is 11.5. The Balaban J connectivity index is 2.69. The van der Waals surface area contributed by atoms with Crippen LogP contribution >= 0.6 is 23.4 Å². The first-order chi connectivity index (χ1) is 6.88. The molecule has 0 unspecified atom stereocenters. The van der Waals surface area contributed by atoms with E-state index in [0.717, 1.165) is 17.6 Å². The molecule has 82 valence electrons. The van der Waals surface area contributed by atoms with Gasteiger partial charge in [-0.2, -0.15) is 13.2 Å². The average Bonchev–Trinajstić information content (AvgIpc) is 2.09. The molecule has 0 radical (unpaired) electrons. The summed E-state index contributed by atoms with van der Waals surface area (Å²) in [5.41, 5.74) is -3.99. The van der Waals surface area contributed by atoms with E-state index in [1.54, 1.807) is 0 Å². The van der Waals surface area contributed by atoms with Gasteiger partial charge in [0.1, 0.15) is 5.82 Å². The lowest BCUT2D eigenvalue weighted by molar-refractivity contribution is -0.0319. The van der Waals surface area contributed by atoms with Crippen molar-refractivity contribution in [1.82, 2.24) is 0 Å². The van der Waals surface area contributed by atoms with E-state index in [-0.39, 0.29) is 16.8 Å². The van der Waals surface area contributed by atoms with Gasteiger partial charge >= 0.3 is 5.51 Å². The lowest BCUT2D eigenvalue weighted by Crippen LogP contribution is -1.96. The summed E-state index contributed by atoms with van der Waals surface area (Å²) in [6, 6.07) is 3.78. The number of benzene rings is 1. The van der Waals surface area contributed by atoms with E-state index in [1.807, 2.05) is 0 Å². The van der Waals surface area contributed by atoms with Crippen molar-refractivity contribution in [3.8, 4) is 0 Å². The van der Waals surface area contributed by atoms with Crippen LogP contribution in [-0.2, 0) is 0 Å². The second-order valence-corrected chi connectivity index (χ2v) is 3.92. The molecule has 0 spiro atoms. The lowest BCUT2D eigenvalue weighted by Gasteiger charge is -2.00. The molecular formula is C9H5ClF4S. The van der Waals surface area contributed by atoms with E-state index < -0.39 is 11.3 Å². The minimum absolute atomic E-state index is 0.0596. The maximum Gasteiger partial charge on any atom is 0.445 e. The van der Waals surface area contributed by atoms with Crippen LogP contribution in [0.25, 0.3) is 6.08 Å². The summed E-state index contributed by atoms with van der Waals surface area (Å²) < 4.78 is 48.0.